The van der Waals surface area contributed by atoms with Crippen molar-refractivity contribution in [2.45, 2.75) is 11.8 Å². The maximum atomic E-state index is 12.3. The lowest BCUT2D eigenvalue weighted by Crippen LogP contribution is -2.28. The molecule has 2 rings (SSSR count). The van der Waals surface area contributed by atoms with Gasteiger partial charge in [0.25, 0.3) is 5.91 Å². The molecular weight excluding hydrogens is 381 g/mol. The van der Waals surface area contributed by atoms with Crippen molar-refractivity contribution in [3.63, 3.8) is 0 Å². The van der Waals surface area contributed by atoms with Crippen LogP contribution < -0.4 is 5.32 Å². The third-order valence-electron chi connectivity index (χ3n) is 3.16. The van der Waals surface area contributed by atoms with Crippen molar-refractivity contribution >= 4 is 46.8 Å². The van der Waals surface area contributed by atoms with E-state index in [0.717, 1.165) is 22.2 Å². The molecule has 4 nitrogen and oxygen atoms in total. The van der Waals surface area contributed by atoms with Gasteiger partial charge in [0.15, 0.2) is 5.70 Å². The van der Waals surface area contributed by atoms with Crippen molar-refractivity contribution in [2.75, 3.05) is 7.11 Å². The van der Waals surface area contributed by atoms with Crippen LogP contribution in [0.3, 0.4) is 0 Å². The summed E-state index contributed by atoms with van der Waals surface area (Å²) in [6.45, 7) is 1.92. The number of rotatable bonds is 5. The number of thioether (sulfide) groups is 1. The molecular formula is C18H15Cl2NO3S. The molecule has 0 saturated heterocycles. The summed E-state index contributed by atoms with van der Waals surface area (Å²) in [5, 5.41) is 3.11. The first-order valence-corrected chi connectivity index (χ1v) is 8.77. The van der Waals surface area contributed by atoms with Crippen molar-refractivity contribution in [3.05, 3.63) is 74.7 Å². The van der Waals surface area contributed by atoms with Gasteiger partial charge in [0, 0.05) is 15.5 Å². The fourth-order valence-electron chi connectivity index (χ4n) is 1.83. The van der Waals surface area contributed by atoms with E-state index in [-0.39, 0.29) is 10.1 Å². The maximum absolute atomic E-state index is 12.3. The predicted molar refractivity (Wildman–Crippen MR) is 101 cm³/mol. The van der Waals surface area contributed by atoms with Gasteiger partial charge in [-0.3, -0.25) is 4.79 Å². The van der Waals surface area contributed by atoms with E-state index in [4.69, 9.17) is 27.9 Å². The molecule has 2 aromatic rings. The summed E-state index contributed by atoms with van der Waals surface area (Å²) in [6, 6.07) is 13.9. The second-order valence-electron chi connectivity index (χ2n) is 5.02. The fourth-order valence-corrected chi connectivity index (χ4v) is 3.06. The van der Waals surface area contributed by atoms with Crippen LogP contribution in [-0.4, -0.2) is 19.0 Å². The molecule has 0 aromatic heterocycles. The summed E-state index contributed by atoms with van der Waals surface area (Å²) in [5.74, 6) is -1.18. The minimum atomic E-state index is -0.730. The summed E-state index contributed by atoms with van der Waals surface area (Å²) < 4.78 is 4.81. The van der Waals surface area contributed by atoms with Crippen LogP contribution in [0.2, 0.25) is 5.02 Å². The Hall–Kier alpha value is -1.95. The molecule has 0 unspecified atom stereocenters. The molecule has 0 bridgehead atoms. The minimum Gasteiger partial charge on any atom is -0.464 e. The zero-order valence-corrected chi connectivity index (χ0v) is 15.8. The number of aryl methyl sites for hydroxylation is 1. The van der Waals surface area contributed by atoms with E-state index in [1.165, 1.54) is 7.11 Å². The predicted octanol–water partition coefficient (Wildman–Crippen LogP) is 4.75. The summed E-state index contributed by atoms with van der Waals surface area (Å²) >= 11 is 13.2. The van der Waals surface area contributed by atoms with Crippen molar-refractivity contribution < 1.29 is 14.3 Å². The van der Waals surface area contributed by atoms with Crippen LogP contribution in [0.25, 0.3) is 0 Å². The minimum absolute atomic E-state index is 0.0923. The van der Waals surface area contributed by atoms with E-state index < -0.39 is 11.9 Å². The summed E-state index contributed by atoms with van der Waals surface area (Å²) in [4.78, 5) is 25.1. The van der Waals surface area contributed by atoms with E-state index in [1.807, 2.05) is 6.92 Å². The lowest BCUT2D eigenvalue weighted by atomic mass is 10.1. The Balaban J connectivity index is 2.24. The Bertz CT molecular complexity index is 802. The average Bonchev–Trinajstić information content (AvgIpc) is 2.61. The molecule has 0 heterocycles. The number of amides is 1. The van der Waals surface area contributed by atoms with Crippen molar-refractivity contribution in [3.8, 4) is 0 Å². The molecule has 0 aliphatic rings. The highest BCUT2D eigenvalue weighted by molar-refractivity contribution is 8.04. The first-order valence-electron chi connectivity index (χ1n) is 7.20. The molecule has 0 aliphatic carbocycles. The quantitative estimate of drug-likeness (QED) is 0.450. The number of hydrogen-bond acceptors (Lipinski definition) is 4. The third-order valence-corrected chi connectivity index (χ3v) is 4.72. The van der Waals surface area contributed by atoms with Gasteiger partial charge in [-0.05, 0) is 43.3 Å². The highest BCUT2D eigenvalue weighted by Gasteiger charge is 2.20. The highest BCUT2D eigenvalue weighted by Crippen LogP contribution is 2.32. The summed E-state index contributed by atoms with van der Waals surface area (Å²) in [6.07, 6.45) is 0. The monoisotopic (exact) mass is 395 g/mol. The Morgan fingerprint density at radius 1 is 1.04 bits per heavy atom. The highest BCUT2D eigenvalue weighted by atomic mass is 35.5. The Kier molecular flexibility index (Phi) is 6.93. The number of halogens is 2. The zero-order valence-electron chi connectivity index (χ0n) is 13.5. The van der Waals surface area contributed by atoms with E-state index in [9.17, 15) is 9.59 Å². The molecule has 7 heteroatoms. The number of carbonyl (C=O) groups is 2. The number of methoxy groups -OCH3 is 1. The van der Waals surface area contributed by atoms with E-state index >= 15 is 0 Å². The molecule has 25 heavy (non-hydrogen) atoms. The van der Waals surface area contributed by atoms with Crippen LogP contribution in [0.4, 0.5) is 0 Å². The van der Waals surface area contributed by atoms with Gasteiger partial charge in [0.05, 0.1) is 7.11 Å². The number of hydrogen-bond donors (Lipinski definition) is 1. The van der Waals surface area contributed by atoms with Gasteiger partial charge in [0.2, 0.25) is 0 Å². The first-order chi connectivity index (χ1) is 11.9. The third kappa shape index (κ3) is 5.53. The molecule has 1 amide bonds. The molecule has 0 fully saturated rings. The molecule has 130 valence electrons. The van der Waals surface area contributed by atoms with Crippen LogP contribution >= 0.6 is 35.0 Å². The zero-order chi connectivity index (χ0) is 18.4. The molecule has 1 N–H and O–H groups in total. The Labute approximate surface area is 160 Å². The van der Waals surface area contributed by atoms with Gasteiger partial charge in [-0.2, -0.15) is 0 Å². The summed E-state index contributed by atoms with van der Waals surface area (Å²) in [7, 11) is 1.22. The topological polar surface area (TPSA) is 55.4 Å². The fraction of sp³-hybridized carbons (Fsp3) is 0.111. The number of carbonyl (C=O) groups excluding carboxylic acids is 2. The van der Waals surface area contributed by atoms with Gasteiger partial charge >= 0.3 is 5.97 Å². The van der Waals surface area contributed by atoms with Gasteiger partial charge in [-0.25, -0.2) is 4.79 Å². The second kappa shape index (κ2) is 8.94. The average molecular weight is 396 g/mol. The van der Waals surface area contributed by atoms with Crippen LogP contribution in [0.15, 0.2) is 63.5 Å². The lowest BCUT2D eigenvalue weighted by Gasteiger charge is -2.11. The lowest BCUT2D eigenvalue weighted by molar-refractivity contribution is -0.136. The standard InChI is InChI=1S/C18H15Cl2NO3S/c1-11-3-5-12(6-4-11)17(22)21-15(18(23)24-2)16(20)25-14-9-7-13(19)8-10-14/h3-10H,1-2H3,(H,21,22)/b16-15-. The Morgan fingerprint density at radius 2 is 1.64 bits per heavy atom. The molecule has 0 aliphatic heterocycles. The maximum Gasteiger partial charge on any atom is 0.356 e. The normalized spacial score (nSPS) is 11.5. The van der Waals surface area contributed by atoms with E-state index in [0.29, 0.717) is 10.6 Å². The molecule has 2 aromatic carbocycles. The smallest absolute Gasteiger partial charge is 0.356 e. The first kappa shape index (κ1) is 19.4. The number of nitrogens with one attached hydrogen (secondary N) is 1. The van der Waals surface area contributed by atoms with Crippen LogP contribution in [0, 0.1) is 6.92 Å². The molecule has 0 atom stereocenters. The Morgan fingerprint density at radius 3 is 2.20 bits per heavy atom. The van der Waals surface area contributed by atoms with Gasteiger partial charge in [-0.15, -0.1) is 0 Å². The van der Waals surface area contributed by atoms with E-state index in [2.05, 4.69) is 5.32 Å². The van der Waals surface area contributed by atoms with Gasteiger partial charge in [0.1, 0.15) is 4.36 Å². The van der Waals surface area contributed by atoms with Crippen molar-refractivity contribution in [1.29, 1.82) is 0 Å². The van der Waals surface area contributed by atoms with Crippen molar-refractivity contribution in [1.82, 2.24) is 5.32 Å². The van der Waals surface area contributed by atoms with Crippen LogP contribution in [0.5, 0.6) is 0 Å². The van der Waals surface area contributed by atoms with Crippen LogP contribution in [-0.2, 0) is 9.53 Å². The number of ether oxygens (including phenoxy) is 1. The summed E-state index contributed by atoms with van der Waals surface area (Å²) in [5.41, 5.74) is 1.32. The molecule has 0 radical (unpaired) electrons. The van der Waals surface area contributed by atoms with Gasteiger partial charge in [-0.1, -0.05) is 52.7 Å². The van der Waals surface area contributed by atoms with Crippen molar-refractivity contribution in [2.24, 2.45) is 0 Å². The second-order valence-corrected chi connectivity index (χ2v) is 7.14. The van der Waals surface area contributed by atoms with E-state index in [1.54, 1.807) is 48.5 Å². The van der Waals surface area contributed by atoms with Crippen LogP contribution in [0.1, 0.15) is 15.9 Å². The number of esters is 1. The molecule has 0 spiro atoms. The largest absolute Gasteiger partial charge is 0.464 e. The SMILES string of the molecule is COC(=O)/C(NC(=O)c1ccc(C)cc1)=C(\Cl)Sc1ccc(Cl)cc1. The van der Waals surface area contributed by atoms with Gasteiger partial charge < -0.3 is 10.1 Å². The number of benzene rings is 2. The molecule has 0 saturated carbocycles.